The van der Waals surface area contributed by atoms with Gasteiger partial charge < -0.3 is 5.32 Å². The predicted molar refractivity (Wildman–Crippen MR) is 102 cm³/mol. The van der Waals surface area contributed by atoms with Crippen LogP contribution in [0.15, 0.2) is 53.6 Å². The minimum Gasteiger partial charge on any atom is -0.324 e. The fourth-order valence-electron chi connectivity index (χ4n) is 2.44. The molecule has 0 aliphatic heterocycles. The van der Waals surface area contributed by atoms with Gasteiger partial charge in [-0.3, -0.25) is 4.79 Å². The molecule has 0 fully saturated rings. The number of amides is 1. The Bertz CT molecular complexity index is 948. The summed E-state index contributed by atoms with van der Waals surface area (Å²) in [7, 11) is 0. The van der Waals surface area contributed by atoms with E-state index in [-0.39, 0.29) is 16.2 Å². The third-order valence-corrected chi connectivity index (χ3v) is 5.09. The van der Waals surface area contributed by atoms with E-state index in [1.807, 2.05) is 37.3 Å². The van der Waals surface area contributed by atoms with Crippen LogP contribution in [0.5, 0.6) is 0 Å². The van der Waals surface area contributed by atoms with Crippen molar-refractivity contribution in [2.45, 2.75) is 24.1 Å². The van der Waals surface area contributed by atoms with Crippen LogP contribution in [0.1, 0.15) is 12.5 Å². The molecule has 128 valence electrons. The Morgan fingerprint density at radius 2 is 2.00 bits per heavy atom. The Balaban J connectivity index is 1.75. The summed E-state index contributed by atoms with van der Waals surface area (Å²) < 4.78 is 13.1. The average molecular weight is 375 g/mol. The van der Waals surface area contributed by atoms with Gasteiger partial charge >= 0.3 is 0 Å². The van der Waals surface area contributed by atoms with Gasteiger partial charge in [0.1, 0.15) is 5.82 Å². The Kier molecular flexibility index (Phi) is 5.25. The second-order valence-corrected chi connectivity index (χ2v) is 7.44. The van der Waals surface area contributed by atoms with Crippen LogP contribution in [0.3, 0.4) is 0 Å². The van der Waals surface area contributed by atoms with Crippen molar-refractivity contribution in [1.82, 2.24) is 4.98 Å². The lowest BCUT2D eigenvalue weighted by molar-refractivity contribution is -0.115. The summed E-state index contributed by atoms with van der Waals surface area (Å²) in [6.07, 6.45) is 0. The van der Waals surface area contributed by atoms with Crippen molar-refractivity contribution in [3.05, 3.63) is 64.9 Å². The Morgan fingerprint density at radius 1 is 1.24 bits per heavy atom. The first-order valence-corrected chi connectivity index (χ1v) is 8.99. The van der Waals surface area contributed by atoms with Crippen molar-refractivity contribution in [3.8, 4) is 0 Å². The fourth-order valence-corrected chi connectivity index (χ4v) is 3.58. The molecule has 0 aliphatic rings. The van der Waals surface area contributed by atoms with Crippen LogP contribution in [0.4, 0.5) is 10.1 Å². The molecule has 6 heteroatoms. The smallest absolute Gasteiger partial charge is 0.237 e. The Labute approximate surface area is 154 Å². The summed E-state index contributed by atoms with van der Waals surface area (Å²) in [6, 6.07) is 13.8. The highest BCUT2D eigenvalue weighted by atomic mass is 35.5. The monoisotopic (exact) mass is 374 g/mol. The number of benzene rings is 2. The van der Waals surface area contributed by atoms with Crippen LogP contribution in [0.2, 0.25) is 5.02 Å². The van der Waals surface area contributed by atoms with E-state index in [1.54, 1.807) is 6.92 Å². The lowest BCUT2D eigenvalue weighted by Gasteiger charge is -2.13. The third-order valence-electron chi connectivity index (χ3n) is 3.76. The molecule has 3 nitrogen and oxygen atoms in total. The van der Waals surface area contributed by atoms with Gasteiger partial charge in [0.25, 0.3) is 0 Å². The van der Waals surface area contributed by atoms with Gasteiger partial charge in [-0.1, -0.05) is 41.6 Å². The zero-order chi connectivity index (χ0) is 18.0. The van der Waals surface area contributed by atoms with Crippen molar-refractivity contribution < 1.29 is 9.18 Å². The van der Waals surface area contributed by atoms with E-state index in [1.165, 1.54) is 30.0 Å². The van der Waals surface area contributed by atoms with Crippen LogP contribution in [0, 0.1) is 12.7 Å². The number of hydrogen-bond acceptors (Lipinski definition) is 3. The molecule has 0 saturated carbocycles. The molecule has 1 aromatic heterocycles. The molecule has 0 spiro atoms. The number of carbonyl (C=O) groups is 1. The van der Waals surface area contributed by atoms with Crippen molar-refractivity contribution in [3.63, 3.8) is 0 Å². The van der Waals surface area contributed by atoms with E-state index in [0.29, 0.717) is 5.69 Å². The van der Waals surface area contributed by atoms with Gasteiger partial charge in [-0.05, 0) is 49.7 Å². The second kappa shape index (κ2) is 7.42. The SMILES string of the molecule is Cc1cc(S[C@@H](C)C(=O)Nc2ccc(F)cc2Cl)nc2ccccc12. The molecule has 1 amide bonds. The first kappa shape index (κ1) is 17.7. The normalized spacial score (nSPS) is 12.2. The summed E-state index contributed by atoms with van der Waals surface area (Å²) in [5.41, 5.74) is 2.41. The number of nitrogens with zero attached hydrogens (tertiary/aromatic N) is 1. The van der Waals surface area contributed by atoms with E-state index < -0.39 is 5.82 Å². The molecule has 0 radical (unpaired) electrons. The standard InChI is InChI=1S/C19H16ClFN2OS/c1-11-9-18(22-16-6-4-3-5-14(11)16)25-12(2)19(24)23-17-8-7-13(21)10-15(17)20/h3-10,12H,1-2H3,(H,23,24)/t12-/m0/s1. The molecule has 3 aromatic rings. The number of fused-ring (bicyclic) bond motifs is 1. The minimum atomic E-state index is -0.443. The molecule has 0 saturated heterocycles. The van der Waals surface area contributed by atoms with Crippen molar-refractivity contribution >= 4 is 45.9 Å². The molecule has 1 heterocycles. The van der Waals surface area contributed by atoms with Crippen LogP contribution in [-0.4, -0.2) is 16.1 Å². The van der Waals surface area contributed by atoms with E-state index in [4.69, 9.17) is 11.6 Å². The van der Waals surface area contributed by atoms with Crippen LogP contribution >= 0.6 is 23.4 Å². The van der Waals surface area contributed by atoms with E-state index in [9.17, 15) is 9.18 Å². The number of pyridine rings is 1. The maximum Gasteiger partial charge on any atom is 0.237 e. The average Bonchev–Trinajstić information content (AvgIpc) is 2.57. The van der Waals surface area contributed by atoms with E-state index >= 15 is 0 Å². The molecule has 0 unspecified atom stereocenters. The van der Waals surface area contributed by atoms with Gasteiger partial charge in [-0.25, -0.2) is 9.37 Å². The number of halogens is 2. The van der Waals surface area contributed by atoms with Crippen LogP contribution in [-0.2, 0) is 4.79 Å². The second-order valence-electron chi connectivity index (χ2n) is 5.67. The Morgan fingerprint density at radius 3 is 2.76 bits per heavy atom. The van der Waals surface area contributed by atoms with E-state index in [0.717, 1.165) is 21.5 Å². The van der Waals surface area contributed by atoms with Gasteiger partial charge in [0.15, 0.2) is 0 Å². The summed E-state index contributed by atoms with van der Waals surface area (Å²) >= 11 is 7.32. The number of rotatable bonds is 4. The first-order chi connectivity index (χ1) is 11.9. The lowest BCUT2D eigenvalue weighted by atomic mass is 10.1. The third kappa shape index (κ3) is 4.11. The molecule has 25 heavy (non-hydrogen) atoms. The number of nitrogens with one attached hydrogen (secondary N) is 1. The lowest BCUT2D eigenvalue weighted by Crippen LogP contribution is -2.22. The number of aromatic nitrogens is 1. The highest BCUT2D eigenvalue weighted by Gasteiger charge is 2.17. The molecule has 2 aromatic carbocycles. The fraction of sp³-hybridized carbons (Fsp3) is 0.158. The number of para-hydroxylation sites is 1. The summed E-state index contributed by atoms with van der Waals surface area (Å²) in [6.45, 7) is 3.82. The molecule has 0 bridgehead atoms. The number of hydrogen-bond donors (Lipinski definition) is 1. The summed E-state index contributed by atoms with van der Waals surface area (Å²) in [5.74, 6) is -0.660. The first-order valence-electron chi connectivity index (χ1n) is 7.73. The summed E-state index contributed by atoms with van der Waals surface area (Å²) in [4.78, 5) is 17.0. The summed E-state index contributed by atoms with van der Waals surface area (Å²) in [5, 5.41) is 4.39. The van der Waals surface area contributed by atoms with E-state index in [2.05, 4.69) is 10.3 Å². The van der Waals surface area contributed by atoms with Crippen LogP contribution in [0.25, 0.3) is 10.9 Å². The zero-order valence-electron chi connectivity index (χ0n) is 13.7. The number of thioether (sulfide) groups is 1. The predicted octanol–water partition coefficient (Wildman–Crippen LogP) is 5.46. The van der Waals surface area contributed by atoms with Gasteiger partial charge in [0.2, 0.25) is 5.91 Å². The molecular weight excluding hydrogens is 359 g/mol. The quantitative estimate of drug-likeness (QED) is 0.617. The molecular formula is C19H16ClFN2OS. The topological polar surface area (TPSA) is 42.0 Å². The van der Waals surface area contributed by atoms with Crippen LogP contribution < -0.4 is 5.32 Å². The van der Waals surface area contributed by atoms with Gasteiger partial charge in [-0.15, -0.1) is 0 Å². The molecule has 0 aliphatic carbocycles. The highest BCUT2D eigenvalue weighted by molar-refractivity contribution is 8.00. The number of carbonyl (C=O) groups excluding carboxylic acids is 1. The van der Waals surface area contributed by atoms with Gasteiger partial charge in [-0.2, -0.15) is 0 Å². The maximum atomic E-state index is 13.1. The largest absolute Gasteiger partial charge is 0.324 e. The highest BCUT2D eigenvalue weighted by Crippen LogP contribution is 2.28. The Hall–Kier alpha value is -2.11. The molecule has 1 N–H and O–H groups in total. The van der Waals surface area contributed by atoms with Crippen molar-refractivity contribution in [1.29, 1.82) is 0 Å². The molecule has 3 rings (SSSR count). The number of anilines is 1. The van der Waals surface area contributed by atoms with Gasteiger partial charge in [0, 0.05) is 5.39 Å². The van der Waals surface area contributed by atoms with Crippen molar-refractivity contribution in [2.24, 2.45) is 0 Å². The van der Waals surface area contributed by atoms with Gasteiger partial charge in [0.05, 0.1) is 26.5 Å². The maximum absolute atomic E-state index is 13.1. The zero-order valence-corrected chi connectivity index (χ0v) is 15.3. The minimum absolute atomic E-state index is 0.172. The number of aryl methyl sites for hydroxylation is 1. The van der Waals surface area contributed by atoms with Crippen molar-refractivity contribution in [2.75, 3.05) is 5.32 Å². The molecule has 1 atom stereocenters.